The molecule has 1 unspecified atom stereocenters. The third-order valence-electron chi connectivity index (χ3n) is 3.15. The molecule has 1 aliphatic heterocycles. The lowest BCUT2D eigenvalue weighted by Gasteiger charge is -2.33. The highest BCUT2D eigenvalue weighted by molar-refractivity contribution is 9.11. The Balaban J connectivity index is 2.00. The number of aliphatic hydroxyl groups is 1. The molecule has 0 aromatic carbocycles. The third kappa shape index (κ3) is 3.99. The largest absolute Gasteiger partial charge is 0.395 e. The number of halogens is 1. The van der Waals surface area contributed by atoms with Crippen molar-refractivity contribution >= 4 is 37.5 Å². The number of hydrogen-bond acceptors (Lipinski definition) is 4. The molecule has 0 radical (unpaired) electrons. The van der Waals surface area contributed by atoms with E-state index in [-0.39, 0.29) is 19.2 Å². The Hall–Kier alpha value is 0.01000. The van der Waals surface area contributed by atoms with E-state index < -0.39 is 10.2 Å². The first-order valence-electron chi connectivity index (χ1n) is 6.14. The molecule has 19 heavy (non-hydrogen) atoms. The summed E-state index contributed by atoms with van der Waals surface area (Å²) in [5.74, 6) is 0. The zero-order chi connectivity index (χ0) is 13.9. The molecule has 1 fully saturated rings. The molecule has 5 nitrogen and oxygen atoms in total. The molecule has 0 saturated carbocycles. The van der Waals surface area contributed by atoms with Crippen molar-refractivity contribution in [3.8, 4) is 0 Å². The molecular formula is C11H17BrN2O3S2. The molecule has 0 bridgehead atoms. The number of thiophene rings is 1. The molecule has 0 spiro atoms. The van der Waals surface area contributed by atoms with Crippen LogP contribution < -0.4 is 4.72 Å². The fourth-order valence-corrected chi connectivity index (χ4v) is 5.12. The van der Waals surface area contributed by atoms with Crippen molar-refractivity contribution < 1.29 is 13.5 Å². The van der Waals surface area contributed by atoms with Gasteiger partial charge in [-0.05, 0) is 40.9 Å². The van der Waals surface area contributed by atoms with Gasteiger partial charge >= 0.3 is 0 Å². The van der Waals surface area contributed by atoms with Crippen LogP contribution in [0.5, 0.6) is 0 Å². The Bertz CT molecular complexity index is 518. The van der Waals surface area contributed by atoms with E-state index >= 15 is 0 Å². The van der Waals surface area contributed by atoms with Crippen molar-refractivity contribution in [1.29, 1.82) is 0 Å². The molecule has 0 aliphatic carbocycles. The van der Waals surface area contributed by atoms with Crippen molar-refractivity contribution in [1.82, 2.24) is 9.03 Å². The van der Waals surface area contributed by atoms with Gasteiger partial charge in [0.25, 0.3) is 10.2 Å². The Labute approximate surface area is 125 Å². The number of piperidine rings is 1. The molecule has 108 valence electrons. The first-order chi connectivity index (χ1) is 9.03. The van der Waals surface area contributed by atoms with Crippen LogP contribution in [0.3, 0.4) is 0 Å². The molecule has 1 saturated heterocycles. The van der Waals surface area contributed by atoms with Crippen LogP contribution in [-0.4, -0.2) is 37.0 Å². The number of nitrogens with one attached hydrogen (secondary N) is 1. The Kier molecular flexibility index (Phi) is 5.38. The molecule has 2 rings (SSSR count). The summed E-state index contributed by atoms with van der Waals surface area (Å²) >= 11 is 4.85. The first-order valence-corrected chi connectivity index (χ1v) is 9.19. The minimum atomic E-state index is -3.52. The summed E-state index contributed by atoms with van der Waals surface area (Å²) in [6.07, 6.45) is 2.54. The smallest absolute Gasteiger partial charge is 0.280 e. The maximum Gasteiger partial charge on any atom is 0.280 e. The predicted octanol–water partition coefficient (Wildman–Crippen LogP) is 1.69. The summed E-state index contributed by atoms with van der Waals surface area (Å²) in [7, 11) is -3.52. The highest BCUT2D eigenvalue weighted by Gasteiger charge is 2.31. The highest BCUT2D eigenvalue weighted by atomic mass is 79.9. The van der Waals surface area contributed by atoms with Crippen molar-refractivity contribution in [2.45, 2.75) is 31.8 Å². The van der Waals surface area contributed by atoms with Crippen LogP contribution in [0.1, 0.15) is 24.1 Å². The quantitative estimate of drug-likeness (QED) is 0.830. The molecule has 1 aromatic rings. The predicted molar refractivity (Wildman–Crippen MR) is 79.2 cm³/mol. The van der Waals surface area contributed by atoms with Crippen molar-refractivity contribution in [2.24, 2.45) is 0 Å². The van der Waals surface area contributed by atoms with Crippen LogP contribution >= 0.6 is 27.3 Å². The lowest BCUT2D eigenvalue weighted by atomic mass is 10.1. The Morgan fingerprint density at radius 3 is 2.89 bits per heavy atom. The van der Waals surface area contributed by atoms with Gasteiger partial charge in [0.2, 0.25) is 0 Å². The Morgan fingerprint density at radius 2 is 2.26 bits per heavy atom. The van der Waals surface area contributed by atoms with Gasteiger partial charge in [-0.3, -0.25) is 0 Å². The number of rotatable bonds is 5. The van der Waals surface area contributed by atoms with Gasteiger partial charge in [-0.15, -0.1) is 11.3 Å². The average molecular weight is 369 g/mol. The summed E-state index contributed by atoms with van der Waals surface area (Å²) in [4.78, 5) is 0.952. The number of hydrogen-bond donors (Lipinski definition) is 2. The summed E-state index contributed by atoms with van der Waals surface area (Å²) in [5.41, 5.74) is 0. The average Bonchev–Trinajstić information content (AvgIpc) is 2.82. The maximum atomic E-state index is 12.2. The van der Waals surface area contributed by atoms with E-state index in [1.807, 2.05) is 12.1 Å². The van der Waals surface area contributed by atoms with Crippen LogP contribution in [0.2, 0.25) is 0 Å². The normalized spacial score (nSPS) is 21.7. The fraction of sp³-hybridized carbons (Fsp3) is 0.636. The van der Waals surface area contributed by atoms with Gasteiger partial charge in [-0.1, -0.05) is 6.42 Å². The minimum Gasteiger partial charge on any atom is -0.395 e. The first kappa shape index (κ1) is 15.4. The molecule has 1 aliphatic rings. The second-order valence-corrected chi connectivity index (χ2v) is 8.73. The summed E-state index contributed by atoms with van der Waals surface area (Å²) < 4.78 is 29.4. The number of aliphatic hydroxyl groups excluding tert-OH is 1. The zero-order valence-electron chi connectivity index (χ0n) is 10.4. The SMILES string of the molecule is O=S(=O)(NCc1ccc(Br)s1)N1CCCCC1CO. The van der Waals surface area contributed by atoms with Gasteiger partial charge in [-0.25, -0.2) is 0 Å². The number of nitrogens with zero attached hydrogens (tertiary/aromatic N) is 1. The van der Waals surface area contributed by atoms with Gasteiger partial charge in [0.15, 0.2) is 0 Å². The Morgan fingerprint density at radius 1 is 1.47 bits per heavy atom. The van der Waals surface area contributed by atoms with E-state index in [4.69, 9.17) is 0 Å². The van der Waals surface area contributed by atoms with Gasteiger partial charge in [-0.2, -0.15) is 17.4 Å². The van der Waals surface area contributed by atoms with Crippen molar-refractivity contribution in [3.63, 3.8) is 0 Å². The third-order valence-corrected chi connectivity index (χ3v) is 6.38. The van der Waals surface area contributed by atoms with Gasteiger partial charge < -0.3 is 5.11 Å². The molecule has 0 amide bonds. The maximum absolute atomic E-state index is 12.2. The van der Waals surface area contributed by atoms with E-state index in [1.54, 1.807) is 0 Å². The van der Waals surface area contributed by atoms with Crippen LogP contribution in [0, 0.1) is 0 Å². The van der Waals surface area contributed by atoms with E-state index in [0.29, 0.717) is 6.54 Å². The molecule has 2 heterocycles. The lowest BCUT2D eigenvalue weighted by Crippen LogP contribution is -2.50. The fourth-order valence-electron chi connectivity index (χ4n) is 2.16. The topological polar surface area (TPSA) is 69.6 Å². The summed E-state index contributed by atoms with van der Waals surface area (Å²) in [6.45, 7) is 0.646. The molecule has 8 heteroatoms. The lowest BCUT2D eigenvalue weighted by molar-refractivity contribution is 0.154. The van der Waals surface area contributed by atoms with E-state index in [2.05, 4.69) is 20.7 Å². The molecule has 2 N–H and O–H groups in total. The van der Waals surface area contributed by atoms with E-state index in [9.17, 15) is 13.5 Å². The van der Waals surface area contributed by atoms with Gasteiger partial charge in [0, 0.05) is 24.0 Å². The van der Waals surface area contributed by atoms with E-state index in [1.165, 1.54) is 15.6 Å². The van der Waals surface area contributed by atoms with Crippen molar-refractivity contribution in [3.05, 3.63) is 20.8 Å². The molecule has 1 atom stereocenters. The van der Waals surface area contributed by atoms with Gasteiger partial charge in [0.05, 0.1) is 10.4 Å². The van der Waals surface area contributed by atoms with Gasteiger partial charge in [0.1, 0.15) is 0 Å². The zero-order valence-corrected chi connectivity index (χ0v) is 13.6. The highest BCUT2D eigenvalue weighted by Crippen LogP contribution is 2.23. The monoisotopic (exact) mass is 368 g/mol. The van der Waals surface area contributed by atoms with Crippen LogP contribution in [-0.2, 0) is 16.8 Å². The van der Waals surface area contributed by atoms with Crippen LogP contribution in [0.15, 0.2) is 15.9 Å². The van der Waals surface area contributed by atoms with E-state index in [0.717, 1.165) is 27.9 Å². The van der Waals surface area contributed by atoms with Crippen molar-refractivity contribution in [2.75, 3.05) is 13.2 Å². The standard InChI is InChI=1S/C11H17BrN2O3S2/c12-11-5-4-10(18-11)7-13-19(16,17)14-6-2-1-3-9(14)8-15/h4-5,9,13,15H,1-3,6-8H2. The summed E-state index contributed by atoms with van der Waals surface area (Å²) in [6, 6.07) is 3.49. The summed E-state index contributed by atoms with van der Waals surface area (Å²) in [5, 5.41) is 9.28. The molecule has 1 aromatic heterocycles. The second-order valence-electron chi connectivity index (χ2n) is 4.47. The van der Waals surface area contributed by atoms with Crippen LogP contribution in [0.4, 0.5) is 0 Å². The molecular weight excluding hydrogens is 352 g/mol. The second kappa shape index (κ2) is 6.64. The minimum absolute atomic E-state index is 0.120. The van der Waals surface area contributed by atoms with Crippen LogP contribution in [0.25, 0.3) is 0 Å².